The predicted octanol–water partition coefficient (Wildman–Crippen LogP) is 4.86. The van der Waals surface area contributed by atoms with E-state index in [0.29, 0.717) is 17.4 Å². The smallest absolute Gasteiger partial charge is 0.273 e. The minimum atomic E-state index is -3.59. The third kappa shape index (κ3) is 6.11. The van der Waals surface area contributed by atoms with Gasteiger partial charge in [0.15, 0.2) is 6.61 Å². The zero-order valence-electron chi connectivity index (χ0n) is 18.4. The highest BCUT2D eigenvalue weighted by atomic mass is 32.2. The van der Waals surface area contributed by atoms with Crippen molar-refractivity contribution in [1.82, 2.24) is 5.32 Å². The Bertz CT molecular complexity index is 1100. The van der Waals surface area contributed by atoms with E-state index in [-0.39, 0.29) is 22.8 Å². The highest BCUT2D eigenvalue weighted by Gasteiger charge is 2.22. The van der Waals surface area contributed by atoms with Crippen LogP contribution in [0.5, 0.6) is 5.75 Å². The molecule has 8 heteroatoms. The molecule has 0 fully saturated rings. The summed E-state index contributed by atoms with van der Waals surface area (Å²) in [6.07, 6.45) is 0.829. The van der Waals surface area contributed by atoms with Gasteiger partial charge in [0.25, 0.3) is 15.9 Å². The fourth-order valence-electron chi connectivity index (χ4n) is 3.26. The molecular weight excluding hydrogens is 444 g/mol. The van der Waals surface area contributed by atoms with Gasteiger partial charge in [-0.05, 0) is 53.6 Å². The molecule has 1 N–H and O–H groups in total. The van der Waals surface area contributed by atoms with Gasteiger partial charge in [0, 0.05) is 7.05 Å². The van der Waals surface area contributed by atoms with Gasteiger partial charge in [-0.1, -0.05) is 50.2 Å². The van der Waals surface area contributed by atoms with Crippen molar-refractivity contribution in [1.29, 1.82) is 0 Å². The van der Waals surface area contributed by atoms with E-state index in [4.69, 9.17) is 4.74 Å². The van der Waals surface area contributed by atoms with Gasteiger partial charge in [0.1, 0.15) is 9.96 Å². The molecule has 3 rings (SSSR count). The number of benzene rings is 2. The molecule has 0 spiro atoms. The number of sulfonamides is 1. The Morgan fingerprint density at radius 1 is 1.03 bits per heavy atom. The van der Waals surface area contributed by atoms with Crippen LogP contribution in [0, 0.1) is 5.92 Å². The van der Waals surface area contributed by atoms with E-state index in [2.05, 4.69) is 19.2 Å². The minimum absolute atomic E-state index is 0.0780. The van der Waals surface area contributed by atoms with E-state index >= 15 is 0 Å². The number of carbonyl (C=O) groups excluding carboxylic acids is 1. The van der Waals surface area contributed by atoms with Crippen molar-refractivity contribution in [3.63, 3.8) is 0 Å². The Kier molecular flexibility index (Phi) is 7.93. The van der Waals surface area contributed by atoms with Crippen LogP contribution < -0.4 is 14.4 Å². The number of nitrogens with zero attached hydrogens (tertiary/aromatic N) is 1. The summed E-state index contributed by atoms with van der Waals surface area (Å²) in [7, 11) is -2.08. The summed E-state index contributed by atoms with van der Waals surface area (Å²) in [6, 6.07) is 19.7. The number of rotatable bonds is 10. The topological polar surface area (TPSA) is 75.7 Å². The average molecular weight is 473 g/mol. The molecule has 3 aromatic rings. The minimum Gasteiger partial charge on any atom is -0.484 e. The Morgan fingerprint density at radius 2 is 1.72 bits per heavy atom. The quantitative estimate of drug-likeness (QED) is 0.457. The summed E-state index contributed by atoms with van der Waals surface area (Å²) in [5.74, 6) is 0.711. The van der Waals surface area contributed by atoms with Crippen LogP contribution >= 0.6 is 11.3 Å². The lowest BCUT2D eigenvalue weighted by atomic mass is 9.97. The second-order valence-electron chi connectivity index (χ2n) is 7.85. The number of carbonyl (C=O) groups is 1. The van der Waals surface area contributed by atoms with Crippen LogP contribution in [0.1, 0.15) is 31.9 Å². The van der Waals surface area contributed by atoms with E-state index in [1.807, 2.05) is 30.3 Å². The molecule has 0 saturated carbocycles. The molecule has 0 saturated heterocycles. The normalized spacial score (nSPS) is 12.4. The van der Waals surface area contributed by atoms with Crippen molar-refractivity contribution < 1.29 is 17.9 Å². The van der Waals surface area contributed by atoms with E-state index in [1.165, 1.54) is 22.7 Å². The third-order valence-electron chi connectivity index (χ3n) is 4.92. The number of hydrogen-bond acceptors (Lipinski definition) is 5. The monoisotopic (exact) mass is 472 g/mol. The maximum atomic E-state index is 12.6. The number of anilines is 1. The van der Waals surface area contributed by atoms with Crippen LogP contribution in [0.15, 0.2) is 76.3 Å². The Labute approximate surface area is 193 Å². The maximum Gasteiger partial charge on any atom is 0.273 e. The molecule has 1 aromatic heterocycles. The second-order valence-corrected chi connectivity index (χ2v) is 11.0. The van der Waals surface area contributed by atoms with Crippen molar-refractivity contribution in [2.24, 2.45) is 5.92 Å². The summed E-state index contributed by atoms with van der Waals surface area (Å²) in [5.41, 5.74) is 1.57. The zero-order valence-corrected chi connectivity index (χ0v) is 20.0. The molecule has 0 aliphatic rings. The zero-order chi connectivity index (χ0) is 23.1. The molecule has 0 radical (unpaired) electrons. The summed E-state index contributed by atoms with van der Waals surface area (Å²) >= 11 is 1.18. The van der Waals surface area contributed by atoms with Crippen molar-refractivity contribution in [3.8, 4) is 5.75 Å². The number of nitrogens with one attached hydrogen (secondary N) is 1. The lowest BCUT2D eigenvalue weighted by molar-refractivity contribution is -0.124. The number of amides is 1. The molecule has 0 aliphatic carbocycles. The van der Waals surface area contributed by atoms with E-state index in [9.17, 15) is 13.2 Å². The van der Waals surface area contributed by atoms with Gasteiger partial charge in [-0.15, -0.1) is 11.3 Å². The van der Waals surface area contributed by atoms with Crippen molar-refractivity contribution >= 4 is 33.0 Å². The first-order valence-electron chi connectivity index (χ1n) is 10.4. The van der Waals surface area contributed by atoms with Crippen LogP contribution in [-0.2, 0) is 14.8 Å². The number of thiophene rings is 1. The molecular formula is C24H28N2O4S2. The van der Waals surface area contributed by atoms with Crippen molar-refractivity contribution in [3.05, 3.63) is 77.7 Å². The Morgan fingerprint density at radius 3 is 2.31 bits per heavy atom. The lowest BCUT2D eigenvalue weighted by Crippen LogP contribution is -2.33. The van der Waals surface area contributed by atoms with Crippen LogP contribution in [-0.4, -0.2) is 28.0 Å². The summed E-state index contributed by atoms with van der Waals surface area (Å²) < 4.78 is 32.4. The molecule has 1 atom stereocenters. The molecule has 1 unspecified atom stereocenters. The Balaban J connectivity index is 1.59. The van der Waals surface area contributed by atoms with Crippen LogP contribution in [0.2, 0.25) is 0 Å². The highest BCUT2D eigenvalue weighted by molar-refractivity contribution is 7.94. The van der Waals surface area contributed by atoms with Gasteiger partial charge in [-0.2, -0.15) is 0 Å². The first-order chi connectivity index (χ1) is 15.3. The van der Waals surface area contributed by atoms with Gasteiger partial charge < -0.3 is 10.1 Å². The second kappa shape index (κ2) is 10.7. The molecule has 0 aliphatic heterocycles. The van der Waals surface area contributed by atoms with E-state index < -0.39 is 10.0 Å². The first-order valence-corrected chi connectivity index (χ1v) is 12.7. The van der Waals surface area contributed by atoms with Crippen molar-refractivity contribution in [2.75, 3.05) is 18.0 Å². The van der Waals surface area contributed by atoms with Gasteiger partial charge >= 0.3 is 0 Å². The first kappa shape index (κ1) is 23.8. The molecule has 170 valence electrons. The summed E-state index contributed by atoms with van der Waals surface area (Å²) in [5, 5.41) is 4.78. The predicted molar refractivity (Wildman–Crippen MR) is 129 cm³/mol. The molecule has 0 bridgehead atoms. The largest absolute Gasteiger partial charge is 0.484 e. The fraction of sp³-hybridized carbons (Fsp3) is 0.292. The fourth-order valence-corrected chi connectivity index (χ4v) is 5.61. The van der Waals surface area contributed by atoms with Crippen LogP contribution in [0.25, 0.3) is 0 Å². The van der Waals surface area contributed by atoms with Gasteiger partial charge in [-0.25, -0.2) is 8.42 Å². The summed E-state index contributed by atoms with van der Waals surface area (Å²) in [4.78, 5) is 12.5. The molecule has 1 amide bonds. The average Bonchev–Trinajstić information content (AvgIpc) is 3.33. The van der Waals surface area contributed by atoms with E-state index in [0.717, 1.165) is 12.0 Å². The van der Waals surface area contributed by atoms with Crippen molar-refractivity contribution in [2.45, 2.75) is 30.5 Å². The molecule has 2 aromatic carbocycles. The Hall–Kier alpha value is -2.84. The number of ether oxygens (including phenoxy) is 1. The van der Waals surface area contributed by atoms with Gasteiger partial charge in [0.05, 0.1) is 11.7 Å². The maximum absolute atomic E-state index is 12.6. The lowest BCUT2D eigenvalue weighted by Gasteiger charge is -2.21. The number of hydrogen-bond donors (Lipinski definition) is 1. The van der Waals surface area contributed by atoms with Gasteiger partial charge in [0.2, 0.25) is 0 Å². The standard InChI is InChI=1S/C24H28N2O4S2/c1-18(2)16-22(19-8-5-4-6-9-19)25-23(27)17-30-21-13-11-20(12-14-21)26(3)32(28,29)24-10-7-15-31-24/h4-15,18,22H,16-17H2,1-3H3,(H,25,27). The SMILES string of the molecule is CC(C)CC(NC(=O)COc1ccc(N(C)S(=O)(=O)c2cccs2)cc1)c1ccccc1. The summed E-state index contributed by atoms with van der Waals surface area (Å²) in [6.45, 7) is 4.12. The van der Waals surface area contributed by atoms with E-state index in [1.54, 1.807) is 41.8 Å². The highest BCUT2D eigenvalue weighted by Crippen LogP contribution is 2.26. The van der Waals surface area contributed by atoms with Gasteiger partial charge in [-0.3, -0.25) is 9.10 Å². The van der Waals surface area contributed by atoms with Crippen LogP contribution in [0.4, 0.5) is 5.69 Å². The molecule has 6 nitrogen and oxygen atoms in total. The molecule has 1 heterocycles. The molecule has 32 heavy (non-hydrogen) atoms. The third-order valence-corrected chi connectivity index (χ3v) is 8.08. The van der Waals surface area contributed by atoms with Crippen LogP contribution in [0.3, 0.4) is 0 Å².